The van der Waals surface area contributed by atoms with Gasteiger partial charge in [0.25, 0.3) is 0 Å². The molecule has 6 heteroatoms. The number of nitrogens with one attached hydrogen (secondary N) is 1. The van der Waals surface area contributed by atoms with Crippen molar-refractivity contribution < 1.29 is 19.4 Å². The fraction of sp³-hybridized carbons (Fsp3) is 0.800. The van der Waals surface area contributed by atoms with Gasteiger partial charge in [0.2, 0.25) is 6.10 Å². The molecule has 1 unspecified atom stereocenters. The Kier molecular flexibility index (Phi) is 3.28. The Labute approximate surface area is 93.6 Å². The highest BCUT2D eigenvalue weighted by atomic mass is 16.6. The molecule has 0 spiro atoms. The maximum Gasteiger partial charge on any atom is 0.410 e. The molecule has 2 aliphatic heterocycles. The van der Waals surface area contributed by atoms with Crippen LogP contribution < -0.4 is 5.32 Å². The highest BCUT2D eigenvalue weighted by Crippen LogP contribution is 2.19. The molecular formula is C10H16N2O4. The largest absolute Gasteiger partial charge is 0.479 e. The monoisotopic (exact) mass is 228 g/mol. The Bertz CT molecular complexity index is 289. The predicted octanol–water partition coefficient (Wildman–Crippen LogP) is 0.0339. The SMILES string of the molecule is O=C(O)C1CCN(C2CCNCC2)C(=O)O1. The lowest BCUT2D eigenvalue weighted by molar-refractivity contribution is -0.150. The molecule has 16 heavy (non-hydrogen) atoms. The molecule has 2 rings (SSSR count). The summed E-state index contributed by atoms with van der Waals surface area (Å²) in [7, 11) is 0. The van der Waals surface area contributed by atoms with Gasteiger partial charge in [-0.2, -0.15) is 0 Å². The highest BCUT2D eigenvalue weighted by molar-refractivity contribution is 5.78. The van der Waals surface area contributed by atoms with Crippen molar-refractivity contribution in [3.8, 4) is 0 Å². The van der Waals surface area contributed by atoms with Crippen molar-refractivity contribution in [2.45, 2.75) is 31.4 Å². The van der Waals surface area contributed by atoms with Crippen LogP contribution in [0.3, 0.4) is 0 Å². The number of carbonyl (C=O) groups excluding carboxylic acids is 1. The number of carboxylic acids is 1. The van der Waals surface area contributed by atoms with Gasteiger partial charge < -0.3 is 20.1 Å². The number of hydrogen-bond acceptors (Lipinski definition) is 4. The highest BCUT2D eigenvalue weighted by Gasteiger charge is 2.35. The van der Waals surface area contributed by atoms with Gasteiger partial charge in [0.05, 0.1) is 0 Å². The third-order valence-corrected chi connectivity index (χ3v) is 3.13. The number of carboxylic acid groups (broad SMARTS) is 1. The molecule has 2 aliphatic rings. The molecule has 0 aliphatic carbocycles. The zero-order chi connectivity index (χ0) is 11.5. The lowest BCUT2D eigenvalue weighted by Crippen LogP contribution is -2.52. The number of carbonyl (C=O) groups is 2. The van der Waals surface area contributed by atoms with Gasteiger partial charge in [-0.25, -0.2) is 9.59 Å². The van der Waals surface area contributed by atoms with E-state index >= 15 is 0 Å². The minimum atomic E-state index is -1.06. The minimum absolute atomic E-state index is 0.198. The average Bonchev–Trinajstić information content (AvgIpc) is 2.30. The normalized spacial score (nSPS) is 27.6. The van der Waals surface area contributed by atoms with E-state index in [1.807, 2.05) is 0 Å². The molecule has 0 radical (unpaired) electrons. The summed E-state index contributed by atoms with van der Waals surface area (Å²) in [6.45, 7) is 2.29. The van der Waals surface area contributed by atoms with Crippen LogP contribution in [0.1, 0.15) is 19.3 Å². The maximum absolute atomic E-state index is 11.6. The van der Waals surface area contributed by atoms with Crippen LogP contribution in [0.15, 0.2) is 0 Å². The van der Waals surface area contributed by atoms with Crippen LogP contribution in [0.4, 0.5) is 4.79 Å². The number of hydrogen-bond donors (Lipinski definition) is 2. The second-order valence-electron chi connectivity index (χ2n) is 4.17. The van der Waals surface area contributed by atoms with Crippen LogP contribution >= 0.6 is 0 Å². The van der Waals surface area contributed by atoms with E-state index in [9.17, 15) is 9.59 Å². The smallest absolute Gasteiger partial charge is 0.410 e. The number of aliphatic carboxylic acids is 1. The van der Waals surface area contributed by atoms with Gasteiger partial charge in [-0.1, -0.05) is 0 Å². The molecule has 0 aromatic heterocycles. The topological polar surface area (TPSA) is 78.9 Å². The summed E-state index contributed by atoms with van der Waals surface area (Å²) in [5, 5.41) is 12.0. The minimum Gasteiger partial charge on any atom is -0.479 e. The Morgan fingerprint density at radius 3 is 2.62 bits per heavy atom. The second kappa shape index (κ2) is 4.69. The van der Waals surface area contributed by atoms with E-state index in [2.05, 4.69) is 5.32 Å². The quantitative estimate of drug-likeness (QED) is 0.697. The number of nitrogens with zero attached hydrogens (tertiary/aromatic N) is 1. The van der Waals surface area contributed by atoms with E-state index in [0.717, 1.165) is 25.9 Å². The van der Waals surface area contributed by atoms with Gasteiger partial charge in [-0.05, 0) is 25.9 Å². The van der Waals surface area contributed by atoms with E-state index in [4.69, 9.17) is 9.84 Å². The zero-order valence-corrected chi connectivity index (χ0v) is 9.02. The van der Waals surface area contributed by atoms with Gasteiger partial charge in [0, 0.05) is 19.0 Å². The molecule has 0 saturated carbocycles. The molecule has 0 bridgehead atoms. The molecule has 2 saturated heterocycles. The van der Waals surface area contributed by atoms with Crippen molar-refractivity contribution >= 4 is 12.1 Å². The van der Waals surface area contributed by atoms with Crippen molar-refractivity contribution in [1.29, 1.82) is 0 Å². The maximum atomic E-state index is 11.6. The van der Waals surface area contributed by atoms with Crippen molar-refractivity contribution in [3.63, 3.8) is 0 Å². The fourth-order valence-electron chi connectivity index (χ4n) is 2.22. The molecule has 0 aromatic carbocycles. The zero-order valence-electron chi connectivity index (χ0n) is 9.02. The predicted molar refractivity (Wildman–Crippen MR) is 55.1 cm³/mol. The van der Waals surface area contributed by atoms with Gasteiger partial charge >= 0.3 is 12.1 Å². The summed E-state index contributed by atoms with van der Waals surface area (Å²) in [4.78, 5) is 24.0. The van der Waals surface area contributed by atoms with Gasteiger partial charge in [-0.15, -0.1) is 0 Å². The van der Waals surface area contributed by atoms with Crippen LogP contribution in [0.5, 0.6) is 0 Å². The Hall–Kier alpha value is -1.30. The Morgan fingerprint density at radius 2 is 2.06 bits per heavy atom. The van der Waals surface area contributed by atoms with Crippen LogP contribution in [0, 0.1) is 0 Å². The third kappa shape index (κ3) is 2.27. The van der Waals surface area contributed by atoms with Crippen molar-refractivity contribution in [2.75, 3.05) is 19.6 Å². The fourth-order valence-corrected chi connectivity index (χ4v) is 2.22. The molecule has 2 N–H and O–H groups in total. The van der Waals surface area contributed by atoms with Gasteiger partial charge in [-0.3, -0.25) is 0 Å². The standard InChI is InChI=1S/C10H16N2O4/c13-9(14)8-3-6-12(10(15)16-8)7-1-4-11-5-2-7/h7-8,11H,1-6H2,(H,13,14). The average molecular weight is 228 g/mol. The molecular weight excluding hydrogens is 212 g/mol. The van der Waals surface area contributed by atoms with E-state index in [0.29, 0.717) is 13.0 Å². The van der Waals surface area contributed by atoms with Crippen molar-refractivity contribution in [2.24, 2.45) is 0 Å². The number of amides is 1. The number of rotatable bonds is 2. The Morgan fingerprint density at radius 1 is 1.38 bits per heavy atom. The molecule has 0 aromatic rings. The Balaban J connectivity index is 1.93. The number of ether oxygens (including phenoxy) is 1. The van der Waals surface area contributed by atoms with E-state index in [1.54, 1.807) is 4.90 Å². The molecule has 6 nitrogen and oxygen atoms in total. The molecule has 1 atom stereocenters. The molecule has 1 amide bonds. The molecule has 90 valence electrons. The second-order valence-corrected chi connectivity index (χ2v) is 4.17. The van der Waals surface area contributed by atoms with E-state index in [1.165, 1.54) is 0 Å². The first-order valence-electron chi connectivity index (χ1n) is 5.59. The molecule has 2 fully saturated rings. The first-order chi connectivity index (χ1) is 7.68. The summed E-state index contributed by atoms with van der Waals surface area (Å²) in [6.07, 6.45) is 0.751. The number of cyclic esters (lactones) is 1. The van der Waals surface area contributed by atoms with Crippen molar-refractivity contribution in [1.82, 2.24) is 10.2 Å². The summed E-state index contributed by atoms with van der Waals surface area (Å²) in [5.41, 5.74) is 0. The van der Waals surface area contributed by atoms with Crippen LogP contribution in [-0.4, -0.2) is 53.8 Å². The van der Waals surface area contributed by atoms with Gasteiger partial charge in [0.15, 0.2) is 0 Å². The third-order valence-electron chi connectivity index (χ3n) is 3.13. The molecule has 2 heterocycles. The summed E-state index contributed by atoms with van der Waals surface area (Å²) >= 11 is 0. The summed E-state index contributed by atoms with van der Waals surface area (Å²) < 4.78 is 4.88. The van der Waals surface area contributed by atoms with Crippen LogP contribution in [0.2, 0.25) is 0 Å². The van der Waals surface area contributed by atoms with Crippen molar-refractivity contribution in [3.05, 3.63) is 0 Å². The first-order valence-corrected chi connectivity index (χ1v) is 5.59. The van der Waals surface area contributed by atoms with Gasteiger partial charge in [0.1, 0.15) is 0 Å². The van der Waals surface area contributed by atoms with E-state index in [-0.39, 0.29) is 6.04 Å². The summed E-state index contributed by atoms with van der Waals surface area (Å²) in [6, 6.07) is 0.198. The van der Waals surface area contributed by atoms with Crippen LogP contribution in [-0.2, 0) is 9.53 Å². The lowest BCUT2D eigenvalue weighted by atomic mass is 10.0. The number of piperidine rings is 1. The summed E-state index contributed by atoms with van der Waals surface area (Å²) in [5.74, 6) is -1.06. The van der Waals surface area contributed by atoms with Crippen LogP contribution in [0.25, 0.3) is 0 Å². The van der Waals surface area contributed by atoms with E-state index < -0.39 is 18.2 Å². The lowest BCUT2D eigenvalue weighted by Gasteiger charge is -2.37. The first kappa shape index (κ1) is 11.2.